The minimum absolute atomic E-state index is 0.0927. The standard InChI is InChI=1S/C21H17ClN2O4S/c1-11-8-13(4-6-16(11)22)15-10-29-19-18(15)20(25)24(12(2)23-19)9-14-5-7-17(28-14)21(26)27-3/h4-8,10H,9H2,1-3H3. The Morgan fingerprint density at radius 3 is 2.79 bits per heavy atom. The largest absolute Gasteiger partial charge is 0.463 e. The Kier molecular flexibility index (Phi) is 5.02. The normalized spacial score (nSPS) is 11.2. The van der Waals surface area contributed by atoms with Crippen LogP contribution in [0.4, 0.5) is 0 Å². The van der Waals surface area contributed by atoms with Crippen LogP contribution in [0.25, 0.3) is 21.3 Å². The van der Waals surface area contributed by atoms with Crippen LogP contribution in [0, 0.1) is 13.8 Å². The Bertz CT molecular complexity index is 1300. The average Bonchev–Trinajstić information content (AvgIpc) is 3.34. The Labute approximate surface area is 175 Å². The minimum Gasteiger partial charge on any atom is -0.463 e. The number of ether oxygens (including phenoxy) is 1. The molecule has 0 amide bonds. The van der Waals surface area contributed by atoms with Crippen LogP contribution < -0.4 is 5.56 Å². The van der Waals surface area contributed by atoms with Crippen molar-refractivity contribution in [3.05, 3.63) is 74.0 Å². The van der Waals surface area contributed by atoms with E-state index in [1.165, 1.54) is 24.5 Å². The second-order valence-corrected chi connectivity index (χ2v) is 7.87. The van der Waals surface area contributed by atoms with Gasteiger partial charge in [0.15, 0.2) is 0 Å². The number of aromatic nitrogens is 2. The average molecular weight is 429 g/mol. The van der Waals surface area contributed by atoms with Crippen molar-refractivity contribution < 1.29 is 13.9 Å². The maximum absolute atomic E-state index is 13.3. The molecule has 0 aliphatic carbocycles. The van der Waals surface area contributed by atoms with Crippen molar-refractivity contribution in [2.45, 2.75) is 20.4 Å². The Morgan fingerprint density at radius 1 is 1.28 bits per heavy atom. The van der Waals surface area contributed by atoms with Crippen molar-refractivity contribution in [3.63, 3.8) is 0 Å². The van der Waals surface area contributed by atoms with Gasteiger partial charge in [0.05, 0.1) is 19.0 Å². The third-order valence-electron chi connectivity index (χ3n) is 4.72. The Balaban J connectivity index is 1.81. The molecule has 0 fully saturated rings. The number of carbonyl (C=O) groups is 1. The first kappa shape index (κ1) is 19.4. The molecule has 29 heavy (non-hydrogen) atoms. The molecular formula is C21H17ClN2O4S. The van der Waals surface area contributed by atoms with Crippen LogP contribution in [0.1, 0.15) is 27.7 Å². The van der Waals surface area contributed by atoms with Gasteiger partial charge in [0.1, 0.15) is 16.4 Å². The topological polar surface area (TPSA) is 74.3 Å². The highest BCUT2D eigenvalue weighted by Gasteiger charge is 2.18. The van der Waals surface area contributed by atoms with Gasteiger partial charge >= 0.3 is 5.97 Å². The summed E-state index contributed by atoms with van der Waals surface area (Å²) in [5, 5.41) is 3.18. The van der Waals surface area contributed by atoms with E-state index in [2.05, 4.69) is 9.72 Å². The lowest BCUT2D eigenvalue weighted by atomic mass is 10.0. The number of halogens is 1. The van der Waals surface area contributed by atoms with Gasteiger partial charge in [-0.25, -0.2) is 9.78 Å². The fraction of sp³-hybridized carbons (Fsp3) is 0.190. The molecule has 0 atom stereocenters. The zero-order chi connectivity index (χ0) is 20.7. The first-order chi connectivity index (χ1) is 13.9. The quantitative estimate of drug-likeness (QED) is 0.435. The number of furan rings is 1. The number of rotatable bonds is 4. The van der Waals surface area contributed by atoms with Crippen LogP contribution in [0.5, 0.6) is 0 Å². The van der Waals surface area contributed by atoms with E-state index in [-0.39, 0.29) is 17.9 Å². The first-order valence-corrected chi connectivity index (χ1v) is 10.1. The SMILES string of the molecule is COC(=O)c1ccc(Cn2c(C)nc3scc(-c4ccc(Cl)c(C)c4)c3c2=O)o1. The van der Waals surface area contributed by atoms with Crippen molar-refractivity contribution in [3.8, 4) is 11.1 Å². The molecule has 0 saturated heterocycles. The maximum Gasteiger partial charge on any atom is 0.373 e. The van der Waals surface area contributed by atoms with E-state index in [9.17, 15) is 9.59 Å². The molecule has 3 heterocycles. The van der Waals surface area contributed by atoms with E-state index in [1.54, 1.807) is 17.6 Å². The zero-order valence-corrected chi connectivity index (χ0v) is 17.6. The molecule has 0 spiro atoms. The van der Waals surface area contributed by atoms with Gasteiger partial charge in [-0.1, -0.05) is 17.7 Å². The highest BCUT2D eigenvalue weighted by molar-refractivity contribution is 7.17. The van der Waals surface area contributed by atoms with Gasteiger partial charge in [-0.3, -0.25) is 9.36 Å². The Morgan fingerprint density at radius 2 is 2.07 bits per heavy atom. The number of nitrogens with zero attached hydrogens (tertiary/aromatic N) is 2. The number of fused-ring (bicyclic) bond motifs is 1. The van der Waals surface area contributed by atoms with Crippen LogP contribution in [0.15, 0.2) is 44.9 Å². The molecule has 8 heteroatoms. The summed E-state index contributed by atoms with van der Waals surface area (Å²) in [6.07, 6.45) is 0. The number of thiophene rings is 1. The molecule has 1 aromatic carbocycles. The van der Waals surface area contributed by atoms with E-state index in [1.807, 2.05) is 30.5 Å². The number of carbonyl (C=O) groups excluding carboxylic acids is 1. The zero-order valence-electron chi connectivity index (χ0n) is 16.0. The summed E-state index contributed by atoms with van der Waals surface area (Å²) < 4.78 is 11.7. The van der Waals surface area contributed by atoms with Gasteiger partial charge in [0.2, 0.25) is 5.76 Å². The van der Waals surface area contributed by atoms with Gasteiger partial charge in [0.25, 0.3) is 5.56 Å². The number of hydrogen-bond donors (Lipinski definition) is 0. The summed E-state index contributed by atoms with van der Waals surface area (Å²) in [6, 6.07) is 8.87. The molecular weight excluding hydrogens is 412 g/mol. The third-order valence-corrected chi connectivity index (χ3v) is 6.01. The van der Waals surface area contributed by atoms with Crippen LogP contribution in [-0.2, 0) is 11.3 Å². The molecule has 0 bridgehead atoms. The summed E-state index contributed by atoms with van der Waals surface area (Å²) in [7, 11) is 1.29. The molecule has 0 unspecified atom stereocenters. The summed E-state index contributed by atoms with van der Waals surface area (Å²) >= 11 is 7.57. The van der Waals surface area contributed by atoms with Crippen LogP contribution in [0.2, 0.25) is 5.02 Å². The van der Waals surface area contributed by atoms with Crippen molar-refractivity contribution >= 4 is 39.1 Å². The van der Waals surface area contributed by atoms with Crippen molar-refractivity contribution in [1.29, 1.82) is 0 Å². The van der Waals surface area contributed by atoms with E-state index in [0.29, 0.717) is 26.8 Å². The summed E-state index contributed by atoms with van der Waals surface area (Å²) in [5.41, 5.74) is 2.52. The van der Waals surface area contributed by atoms with Crippen molar-refractivity contribution in [2.24, 2.45) is 0 Å². The number of methoxy groups -OCH3 is 1. The summed E-state index contributed by atoms with van der Waals surface area (Å²) in [5.74, 6) is 0.567. The predicted molar refractivity (Wildman–Crippen MR) is 113 cm³/mol. The minimum atomic E-state index is -0.563. The number of esters is 1. The van der Waals surface area contributed by atoms with Crippen LogP contribution in [0.3, 0.4) is 0 Å². The molecule has 4 rings (SSSR count). The molecule has 3 aromatic heterocycles. The van der Waals surface area contributed by atoms with Gasteiger partial charge in [-0.2, -0.15) is 0 Å². The number of aryl methyl sites for hydroxylation is 2. The van der Waals surface area contributed by atoms with Gasteiger partial charge in [-0.05, 0) is 49.2 Å². The lowest BCUT2D eigenvalue weighted by Crippen LogP contribution is -2.24. The molecule has 0 N–H and O–H groups in total. The third kappa shape index (κ3) is 3.47. The molecule has 6 nitrogen and oxygen atoms in total. The second-order valence-electron chi connectivity index (χ2n) is 6.60. The first-order valence-electron chi connectivity index (χ1n) is 8.81. The molecule has 4 aromatic rings. The summed E-state index contributed by atoms with van der Waals surface area (Å²) in [4.78, 5) is 30.2. The van der Waals surface area contributed by atoms with Gasteiger partial charge in [0, 0.05) is 16.0 Å². The molecule has 0 radical (unpaired) electrons. The van der Waals surface area contributed by atoms with E-state index in [0.717, 1.165) is 16.7 Å². The summed E-state index contributed by atoms with van der Waals surface area (Å²) in [6.45, 7) is 3.87. The molecule has 0 aliphatic rings. The smallest absolute Gasteiger partial charge is 0.373 e. The highest BCUT2D eigenvalue weighted by Crippen LogP contribution is 2.33. The highest BCUT2D eigenvalue weighted by atomic mass is 35.5. The fourth-order valence-electron chi connectivity index (χ4n) is 3.17. The molecule has 0 saturated carbocycles. The second kappa shape index (κ2) is 7.50. The van der Waals surface area contributed by atoms with E-state index in [4.69, 9.17) is 16.0 Å². The maximum atomic E-state index is 13.3. The lowest BCUT2D eigenvalue weighted by molar-refractivity contribution is 0.0563. The van der Waals surface area contributed by atoms with Crippen molar-refractivity contribution in [1.82, 2.24) is 9.55 Å². The van der Waals surface area contributed by atoms with Gasteiger partial charge < -0.3 is 9.15 Å². The van der Waals surface area contributed by atoms with E-state index < -0.39 is 5.97 Å². The van der Waals surface area contributed by atoms with Gasteiger partial charge in [-0.15, -0.1) is 11.3 Å². The van der Waals surface area contributed by atoms with Crippen LogP contribution in [-0.4, -0.2) is 22.6 Å². The lowest BCUT2D eigenvalue weighted by Gasteiger charge is -2.09. The molecule has 148 valence electrons. The fourth-order valence-corrected chi connectivity index (χ4v) is 4.27. The van der Waals surface area contributed by atoms with Crippen LogP contribution >= 0.6 is 22.9 Å². The monoisotopic (exact) mass is 428 g/mol. The Hall–Kier alpha value is -2.90. The predicted octanol–water partition coefficient (Wildman–Crippen LogP) is 4.82. The number of benzene rings is 1. The molecule has 0 aliphatic heterocycles. The number of hydrogen-bond acceptors (Lipinski definition) is 6. The van der Waals surface area contributed by atoms with E-state index >= 15 is 0 Å². The van der Waals surface area contributed by atoms with Crippen molar-refractivity contribution in [2.75, 3.05) is 7.11 Å².